The van der Waals surface area contributed by atoms with Gasteiger partial charge in [0, 0.05) is 21.1 Å². The zero-order valence-electron chi connectivity index (χ0n) is 13.7. The maximum atomic E-state index is 12.9. The van der Waals surface area contributed by atoms with E-state index in [9.17, 15) is 24.8 Å². The number of nitrogens with one attached hydrogen (secondary N) is 1. The summed E-state index contributed by atoms with van der Waals surface area (Å²) in [7, 11) is 0. The van der Waals surface area contributed by atoms with E-state index in [0.29, 0.717) is 10.2 Å². The number of nitro benzene ring substituents is 1. The van der Waals surface area contributed by atoms with Crippen molar-refractivity contribution in [2.45, 2.75) is 0 Å². The third kappa shape index (κ3) is 3.75. The van der Waals surface area contributed by atoms with Gasteiger partial charge in [-0.05, 0) is 42.6 Å². The fourth-order valence-electron chi connectivity index (χ4n) is 2.52. The number of anilines is 1. The molecule has 3 rings (SSSR count). The number of nitrogens with zero attached hydrogens (tertiary/aromatic N) is 2. The lowest BCUT2D eigenvalue weighted by molar-refractivity contribution is -0.385. The van der Waals surface area contributed by atoms with Gasteiger partial charge >= 0.3 is 5.69 Å². The van der Waals surface area contributed by atoms with E-state index in [1.54, 1.807) is 24.3 Å². The topological polar surface area (TPSA) is 113 Å². The van der Waals surface area contributed by atoms with E-state index in [1.165, 1.54) is 6.07 Å². The molecule has 0 aliphatic carbocycles. The van der Waals surface area contributed by atoms with E-state index in [2.05, 4.69) is 21.2 Å². The fraction of sp³-hybridized carbons (Fsp3) is 0. The molecule has 1 aliphatic rings. The summed E-state index contributed by atoms with van der Waals surface area (Å²) in [6.45, 7) is 0. The van der Waals surface area contributed by atoms with Gasteiger partial charge in [-0.3, -0.25) is 29.9 Å². The monoisotopic (exact) mass is 481 g/mol. The molecule has 0 spiro atoms. The van der Waals surface area contributed by atoms with Crippen LogP contribution in [0.1, 0.15) is 5.56 Å². The van der Waals surface area contributed by atoms with Crippen molar-refractivity contribution in [1.82, 2.24) is 5.32 Å². The minimum atomic E-state index is -0.824. The molecule has 2 aromatic rings. The molecule has 142 valence electrons. The molecule has 1 fully saturated rings. The third-order valence-electron chi connectivity index (χ3n) is 3.75. The molecule has 1 heterocycles. The highest BCUT2D eigenvalue weighted by atomic mass is 79.9. The molecule has 1 aliphatic heterocycles. The van der Waals surface area contributed by atoms with Crippen molar-refractivity contribution >= 4 is 74.1 Å². The smallest absolute Gasteiger partial charge is 0.312 e. The summed E-state index contributed by atoms with van der Waals surface area (Å²) in [6.07, 6.45) is 1.03. The predicted molar refractivity (Wildman–Crippen MR) is 110 cm³/mol. The van der Waals surface area contributed by atoms with E-state index < -0.39 is 28.2 Å². The largest absolute Gasteiger partial charge is 0.502 e. The van der Waals surface area contributed by atoms with Crippen LogP contribution in [0.5, 0.6) is 5.75 Å². The van der Waals surface area contributed by atoms with Crippen molar-refractivity contribution in [3.63, 3.8) is 0 Å². The highest BCUT2D eigenvalue weighted by Crippen LogP contribution is 2.35. The molecule has 0 atom stereocenters. The van der Waals surface area contributed by atoms with Crippen LogP contribution < -0.4 is 10.2 Å². The number of aromatic hydroxyl groups is 1. The van der Waals surface area contributed by atoms with Crippen molar-refractivity contribution in [2.24, 2.45) is 0 Å². The lowest BCUT2D eigenvalue weighted by Gasteiger charge is -2.29. The van der Waals surface area contributed by atoms with Gasteiger partial charge in [-0.1, -0.05) is 33.6 Å². The first kappa shape index (κ1) is 19.9. The first-order chi connectivity index (χ1) is 13.2. The Bertz CT molecular complexity index is 1090. The molecule has 0 radical (unpaired) electrons. The van der Waals surface area contributed by atoms with E-state index in [4.69, 9.17) is 23.8 Å². The average Bonchev–Trinajstić information content (AvgIpc) is 2.60. The molecule has 2 N–H and O–H groups in total. The molecular weight excluding hydrogens is 474 g/mol. The number of carbonyl (C=O) groups is 2. The highest BCUT2D eigenvalue weighted by Gasteiger charge is 2.35. The summed E-state index contributed by atoms with van der Waals surface area (Å²) in [5.74, 6) is -2.28. The van der Waals surface area contributed by atoms with Crippen molar-refractivity contribution in [2.75, 3.05) is 4.90 Å². The lowest BCUT2D eigenvalue weighted by Crippen LogP contribution is -2.54. The molecular formula is C17H9BrClN3O5S. The summed E-state index contributed by atoms with van der Waals surface area (Å²) in [5, 5.41) is 23.4. The highest BCUT2D eigenvalue weighted by molar-refractivity contribution is 9.10. The second-order valence-electron chi connectivity index (χ2n) is 5.56. The zero-order valence-corrected chi connectivity index (χ0v) is 16.8. The van der Waals surface area contributed by atoms with Crippen LogP contribution in [-0.4, -0.2) is 27.0 Å². The van der Waals surface area contributed by atoms with Crippen LogP contribution in [0.4, 0.5) is 11.4 Å². The van der Waals surface area contributed by atoms with Gasteiger partial charge in [-0.15, -0.1) is 0 Å². The Morgan fingerprint density at radius 2 is 2.00 bits per heavy atom. The summed E-state index contributed by atoms with van der Waals surface area (Å²) in [4.78, 5) is 36.6. The van der Waals surface area contributed by atoms with Gasteiger partial charge < -0.3 is 5.11 Å². The van der Waals surface area contributed by atoms with Gasteiger partial charge in [0.2, 0.25) is 5.75 Å². The van der Waals surface area contributed by atoms with E-state index in [-0.39, 0.29) is 21.3 Å². The maximum Gasteiger partial charge on any atom is 0.312 e. The Labute approximate surface area is 176 Å². The first-order valence-electron chi connectivity index (χ1n) is 7.53. The number of halogens is 2. The molecule has 11 heteroatoms. The molecule has 8 nitrogen and oxygen atoms in total. The number of hydrogen-bond acceptors (Lipinski definition) is 6. The number of phenols is 1. The number of rotatable bonds is 3. The van der Waals surface area contributed by atoms with Crippen molar-refractivity contribution in [1.29, 1.82) is 0 Å². The van der Waals surface area contributed by atoms with Crippen LogP contribution in [0.25, 0.3) is 6.08 Å². The second kappa shape index (κ2) is 7.66. The SMILES string of the molecule is O=C1NC(=S)N(c2cccc(Br)c2)C(=O)/C1=C\c1cc(Cl)cc([N+](=O)[O-])c1O. The molecule has 0 aromatic heterocycles. The molecule has 28 heavy (non-hydrogen) atoms. The number of nitro groups is 1. The molecule has 0 bridgehead atoms. The Morgan fingerprint density at radius 3 is 2.64 bits per heavy atom. The Kier molecular flexibility index (Phi) is 5.45. The number of amides is 2. The van der Waals surface area contributed by atoms with Crippen LogP contribution in [0.15, 0.2) is 46.4 Å². The van der Waals surface area contributed by atoms with Gasteiger partial charge in [0.15, 0.2) is 5.11 Å². The van der Waals surface area contributed by atoms with Crippen LogP contribution in [0, 0.1) is 10.1 Å². The predicted octanol–water partition coefficient (Wildman–Crippen LogP) is 3.55. The van der Waals surface area contributed by atoms with E-state index in [0.717, 1.165) is 17.0 Å². The number of benzene rings is 2. The number of hydrogen-bond donors (Lipinski definition) is 2. The molecule has 0 saturated carbocycles. The summed E-state index contributed by atoms with van der Waals surface area (Å²) >= 11 is 14.2. The van der Waals surface area contributed by atoms with Crippen LogP contribution >= 0.6 is 39.7 Å². The van der Waals surface area contributed by atoms with Gasteiger partial charge in [0.25, 0.3) is 11.8 Å². The van der Waals surface area contributed by atoms with Gasteiger partial charge in [-0.2, -0.15) is 0 Å². The molecule has 2 amide bonds. The lowest BCUT2D eigenvalue weighted by atomic mass is 10.1. The maximum absolute atomic E-state index is 12.9. The summed E-state index contributed by atoms with van der Waals surface area (Å²) in [6, 6.07) is 8.84. The number of phenolic OH excluding ortho intramolecular Hbond substituents is 1. The normalized spacial score (nSPS) is 15.7. The Balaban J connectivity index is 2.11. The second-order valence-corrected chi connectivity index (χ2v) is 7.30. The van der Waals surface area contributed by atoms with E-state index >= 15 is 0 Å². The van der Waals surface area contributed by atoms with Crippen LogP contribution in [0.2, 0.25) is 5.02 Å². The molecule has 2 aromatic carbocycles. The molecule has 1 saturated heterocycles. The zero-order chi connectivity index (χ0) is 20.6. The van der Waals surface area contributed by atoms with Gasteiger partial charge in [0.05, 0.1) is 10.6 Å². The Hall–Kier alpha value is -2.82. The van der Waals surface area contributed by atoms with Crippen molar-refractivity contribution < 1.29 is 19.6 Å². The Morgan fingerprint density at radius 1 is 1.29 bits per heavy atom. The van der Waals surface area contributed by atoms with Gasteiger partial charge in [0.1, 0.15) is 5.57 Å². The van der Waals surface area contributed by atoms with Crippen LogP contribution in [-0.2, 0) is 9.59 Å². The van der Waals surface area contributed by atoms with Crippen molar-refractivity contribution in [3.05, 3.63) is 67.1 Å². The van der Waals surface area contributed by atoms with Gasteiger partial charge in [-0.25, -0.2) is 0 Å². The first-order valence-corrected chi connectivity index (χ1v) is 9.11. The quantitative estimate of drug-likeness (QED) is 0.227. The third-order valence-corrected chi connectivity index (χ3v) is 4.74. The fourth-order valence-corrected chi connectivity index (χ4v) is 3.41. The summed E-state index contributed by atoms with van der Waals surface area (Å²) in [5.41, 5.74) is -0.779. The minimum Gasteiger partial charge on any atom is -0.502 e. The standard InChI is InChI=1S/C17H9BrClN3O5S/c18-9-2-1-3-11(6-9)21-16(25)12(15(24)20-17(21)28)5-8-4-10(19)7-13(14(8)23)22(26)27/h1-7,23H,(H,20,24,28)/b12-5-. The van der Waals surface area contributed by atoms with Crippen molar-refractivity contribution in [3.8, 4) is 5.75 Å². The van der Waals surface area contributed by atoms with E-state index in [1.807, 2.05) is 0 Å². The average molecular weight is 483 g/mol. The van der Waals surface area contributed by atoms with Crippen LogP contribution in [0.3, 0.4) is 0 Å². The number of carbonyl (C=O) groups excluding carboxylic acids is 2. The minimum absolute atomic E-state index is 0.0422. The number of thiocarbonyl (C=S) groups is 1. The molecule has 0 unspecified atom stereocenters. The summed E-state index contributed by atoms with van der Waals surface area (Å²) < 4.78 is 0.686.